The number of halogens is 1. The van der Waals surface area contributed by atoms with Crippen LogP contribution in [0, 0.1) is 0 Å². The number of hydrogen-bond acceptors (Lipinski definition) is 4. The van der Waals surface area contributed by atoms with Gasteiger partial charge in [0, 0.05) is 23.6 Å². The van der Waals surface area contributed by atoms with E-state index in [2.05, 4.69) is 15.3 Å². The van der Waals surface area contributed by atoms with Gasteiger partial charge in [0.1, 0.15) is 11.4 Å². The van der Waals surface area contributed by atoms with Crippen molar-refractivity contribution in [1.29, 1.82) is 0 Å². The van der Waals surface area contributed by atoms with Crippen LogP contribution in [0.15, 0.2) is 29.1 Å². The van der Waals surface area contributed by atoms with E-state index in [-0.39, 0.29) is 11.4 Å². The van der Waals surface area contributed by atoms with Crippen molar-refractivity contribution in [2.45, 2.75) is 6.42 Å². The molecule has 0 aliphatic rings. The second-order valence-electron chi connectivity index (χ2n) is 4.04. The summed E-state index contributed by atoms with van der Waals surface area (Å²) >= 11 is 6.02. The molecule has 1 aromatic carbocycles. The summed E-state index contributed by atoms with van der Waals surface area (Å²) in [5.74, 6) is 0.135. The number of aromatic hydroxyl groups is 1. The Hall–Kier alpha value is -1.85. The van der Waals surface area contributed by atoms with Gasteiger partial charge in [0.15, 0.2) is 0 Å². The fourth-order valence-corrected chi connectivity index (χ4v) is 2.01. The third-order valence-corrected chi connectivity index (χ3v) is 3.03. The standard InChI is InChI=1S/C13H14ClN3O2/c1-15-7-6-10-16-12(18)11(13(19)17-10)8-4-2-3-5-9(8)14/h2-5,15H,6-7H2,1H3,(H2,16,17,18,19). The Morgan fingerprint density at radius 2 is 2.16 bits per heavy atom. The molecule has 1 heterocycles. The van der Waals surface area contributed by atoms with Crippen molar-refractivity contribution in [1.82, 2.24) is 15.3 Å². The molecule has 100 valence electrons. The Morgan fingerprint density at radius 3 is 2.79 bits per heavy atom. The summed E-state index contributed by atoms with van der Waals surface area (Å²) in [6.07, 6.45) is 0.530. The molecule has 0 atom stereocenters. The lowest BCUT2D eigenvalue weighted by atomic mass is 10.1. The Morgan fingerprint density at radius 1 is 1.42 bits per heavy atom. The third-order valence-electron chi connectivity index (χ3n) is 2.70. The summed E-state index contributed by atoms with van der Waals surface area (Å²) in [5.41, 5.74) is 0.168. The zero-order valence-electron chi connectivity index (χ0n) is 10.4. The summed E-state index contributed by atoms with van der Waals surface area (Å²) in [6.45, 7) is 0.661. The summed E-state index contributed by atoms with van der Waals surface area (Å²) in [6, 6.07) is 6.83. The molecular formula is C13H14ClN3O2. The summed E-state index contributed by atoms with van der Waals surface area (Å²) in [5, 5.41) is 13.3. The molecule has 6 heteroatoms. The van der Waals surface area contributed by atoms with E-state index in [0.717, 1.165) is 0 Å². The summed E-state index contributed by atoms with van der Waals surface area (Å²) in [7, 11) is 1.80. The molecule has 0 amide bonds. The highest BCUT2D eigenvalue weighted by Crippen LogP contribution is 2.29. The molecule has 0 unspecified atom stereocenters. The van der Waals surface area contributed by atoms with Gasteiger partial charge in [0.2, 0.25) is 5.88 Å². The second-order valence-corrected chi connectivity index (χ2v) is 4.45. The van der Waals surface area contributed by atoms with Crippen LogP contribution in [0.25, 0.3) is 11.1 Å². The molecular weight excluding hydrogens is 266 g/mol. The lowest BCUT2D eigenvalue weighted by molar-refractivity contribution is 0.449. The molecule has 5 nitrogen and oxygen atoms in total. The topological polar surface area (TPSA) is 78.0 Å². The number of aromatic nitrogens is 2. The first-order chi connectivity index (χ1) is 9.13. The fraction of sp³-hybridized carbons (Fsp3) is 0.231. The maximum Gasteiger partial charge on any atom is 0.262 e. The van der Waals surface area contributed by atoms with E-state index < -0.39 is 5.56 Å². The van der Waals surface area contributed by atoms with Crippen molar-refractivity contribution in [3.63, 3.8) is 0 Å². The smallest absolute Gasteiger partial charge is 0.262 e. The average molecular weight is 280 g/mol. The van der Waals surface area contributed by atoms with Gasteiger partial charge in [0.05, 0.1) is 0 Å². The second kappa shape index (κ2) is 5.86. The molecule has 3 N–H and O–H groups in total. The minimum Gasteiger partial charge on any atom is -0.493 e. The van der Waals surface area contributed by atoms with Gasteiger partial charge < -0.3 is 15.4 Å². The lowest BCUT2D eigenvalue weighted by Crippen LogP contribution is -2.18. The number of nitrogens with zero attached hydrogens (tertiary/aromatic N) is 1. The van der Waals surface area contributed by atoms with Crippen LogP contribution in [0.4, 0.5) is 0 Å². The van der Waals surface area contributed by atoms with E-state index in [1.165, 1.54) is 0 Å². The number of hydrogen-bond donors (Lipinski definition) is 3. The van der Waals surface area contributed by atoms with Gasteiger partial charge in [-0.3, -0.25) is 4.79 Å². The molecule has 2 rings (SSSR count). The van der Waals surface area contributed by atoms with Gasteiger partial charge in [0.25, 0.3) is 5.56 Å². The Kier molecular flexibility index (Phi) is 4.19. The molecule has 0 aliphatic carbocycles. The highest BCUT2D eigenvalue weighted by Gasteiger charge is 2.15. The first-order valence-corrected chi connectivity index (χ1v) is 6.23. The summed E-state index contributed by atoms with van der Waals surface area (Å²) in [4.78, 5) is 18.7. The Balaban J connectivity index is 2.49. The molecule has 0 spiro atoms. The SMILES string of the molecule is CNCCc1nc(O)c(-c2ccccc2Cl)c(=O)[nH]1. The fourth-order valence-electron chi connectivity index (χ4n) is 1.78. The maximum atomic E-state index is 12.0. The molecule has 0 bridgehead atoms. The van der Waals surface area contributed by atoms with Crippen LogP contribution in [-0.2, 0) is 6.42 Å². The molecule has 0 aliphatic heterocycles. The molecule has 0 saturated carbocycles. The molecule has 0 saturated heterocycles. The quantitative estimate of drug-likeness (QED) is 0.794. The first-order valence-electron chi connectivity index (χ1n) is 5.85. The Labute approximate surface area is 115 Å². The van der Waals surface area contributed by atoms with Crippen molar-refractivity contribution >= 4 is 11.6 Å². The number of rotatable bonds is 4. The number of aromatic amines is 1. The van der Waals surface area contributed by atoms with Crippen LogP contribution >= 0.6 is 11.6 Å². The highest BCUT2D eigenvalue weighted by atomic mass is 35.5. The van der Waals surface area contributed by atoms with Gasteiger partial charge in [-0.25, -0.2) is 0 Å². The number of nitrogens with one attached hydrogen (secondary N) is 2. The van der Waals surface area contributed by atoms with E-state index in [0.29, 0.717) is 29.4 Å². The van der Waals surface area contributed by atoms with Crippen LogP contribution in [-0.4, -0.2) is 28.7 Å². The van der Waals surface area contributed by atoms with Crippen molar-refractivity contribution in [3.8, 4) is 17.0 Å². The van der Waals surface area contributed by atoms with Crippen molar-refractivity contribution in [2.75, 3.05) is 13.6 Å². The van der Waals surface area contributed by atoms with E-state index in [1.54, 1.807) is 31.3 Å². The molecule has 0 fully saturated rings. The van der Waals surface area contributed by atoms with Gasteiger partial charge in [-0.05, 0) is 13.1 Å². The zero-order valence-corrected chi connectivity index (χ0v) is 11.2. The van der Waals surface area contributed by atoms with E-state index in [9.17, 15) is 9.90 Å². The van der Waals surface area contributed by atoms with Crippen LogP contribution in [0.5, 0.6) is 5.88 Å². The lowest BCUT2D eigenvalue weighted by Gasteiger charge is -2.07. The average Bonchev–Trinajstić information content (AvgIpc) is 2.38. The van der Waals surface area contributed by atoms with Crippen LogP contribution in [0.2, 0.25) is 5.02 Å². The monoisotopic (exact) mass is 279 g/mol. The highest BCUT2D eigenvalue weighted by molar-refractivity contribution is 6.33. The van der Waals surface area contributed by atoms with E-state index in [1.807, 2.05) is 0 Å². The predicted octanol–water partition coefficient (Wildman–Crippen LogP) is 1.56. The van der Waals surface area contributed by atoms with Gasteiger partial charge in [-0.15, -0.1) is 0 Å². The minimum absolute atomic E-state index is 0.0961. The predicted molar refractivity (Wildman–Crippen MR) is 74.6 cm³/mol. The first kappa shape index (κ1) is 13.6. The number of likely N-dealkylation sites (N-methyl/N-ethyl adjacent to an activating group) is 1. The van der Waals surface area contributed by atoms with Crippen molar-refractivity contribution in [3.05, 3.63) is 45.5 Å². The van der Waals surface area contributed by atoms with Gasteiger partial charge >= 0.3 is 0 Å². The molecule has 1 aromatic heterocycles. The van der Waals surface area contributed by atoms with Crippen LogP contribution < -0.4 is 10.9 Å². The largest absolute Gasteiger partial charge is 0.493 e. The molecule has 0 radical (unpaired) electrons. The van der Waals surface area contributed by atoms with E-state index >= 15 is 0 Å². The number of H-pyrrole nitrogens is 1. The normalized spacial score (nSPS) is 10.6. The third kappa shape index (κ3) is 2.94. The van der Waals surface area contributed by atoms with E-state index in [4.69, 9.17) is 11.6 Å². The molecule has 19 heavy (non-hydrogen) atoms. The molecule has 2 aromatic rings. The minimum atomic E-state index is -0.397. The van der Waals surface area contributed by atoms with Crippen molar-refractivity contribution < 1.29 is 5.11 Å². The van der Waals surface area contributed by atoms with Crippen molar-refractivity contribution in [2.24, 2.45) is 0 Å². The summed E-state index contributed by atoms with van der Waals surface area (Å²) < 4.78 is 0. The van der Waals surface area contributed by atoms with Crippen LogP contribution in [0.1, 0.15) is 5.82 Å². The van der Waals surface area contributed by atoms with Gasteiger partial charge in [-0.2, -0.15) is 4.98 Å². The maximum absolute atomic E-state index is 12.0. The van der Waals surface area contributed by atoms with Gasteiger partial charge in [-0.1, -0.05) is 29.8 Å². The zero-order chi connectivity index (χ0) is 13.8. The number of benzene rings is 1. The van der Waals surface area contributed by atoms with Crippen LogP contribution in [0.3, 0.4) is 0 Å². The Bertz CT molecular complexity index is 640.